The third-order valence-electron chi connectivity index (χ3n) is 4.11. The summed E-state index contributed by atoms with van der Waals surface area (Å²) in [5.74, 6) is 0.206. The number of ether oxygens (including phenoxy) is 1. The van der Waals surface area contributed by atoms with E-state index < -0.39 is 6.04 Å². The second kappa shape index (κ2) is 10.6. The first-order valence-electron chi connectivity index (χ1n) is 9.04. The van der Waals surface area contributed by atoms with Gasteiger partial charge in [-0.05, 0) is 43.2 Å². The molecule has 0 radical (unpaired) electrons. The molecule has 144 valence electrons. The van der Waals surface area contributed by atoms with Gasteiger partial charge in [-0.15, -0.1) is 0 Å². The fourth-order valence-electron chi connectivity index (χ4n) is 2.74. The number of benzene rings is 2. The Hall–Kier alpha value is -2.53. The number of para-hydroxylation sites is 1. The van der Waals surface area contributed by atoms with Gasteiger partial charge in [-0.1, -0.05) is 48.9 Å². The van der Waals surface area contributed by atoms with Crippen LogP contribution in [-0.2, 0) is 16.1 Å². The molecule has 0 bridgehead atoms. The normalized spacial score (nSPS) is 11.5. The molecule has 2 amide bonds. The zero-order chi connectivity index (χ0) is 19.6. The summed E-state index contributed by atoms with van der Waals surface area (Å²) in [6.07, 6.45) is 0.510. The Kier molecular flexibility index (Phi) is 8.14. The number of carbonyl (C=O) groups excluding carboxylic acids is 2. The van der Waals surface area contributed by atoms with Gasteiger partial charge in [-0.3, -0.25) is 9.59 Å². The van der Waals surface area contributed by atoms with E-state index in [0.29, 0.717) is 30.3 Å². The summed E-state index contributed by atoms with van der Waals surface area (Å²) in [7, 11) is 0. The van der Waals surface area contributed by atoms with Crippen molar-refractivity contribution >= 4 is 23.4 Å². The summed E-state index contributed by atoms with van der Waals surface area (Å²) in [5, 5.41) is 3.43. The van der Waals surface area contributed by atoms with Crippen molar-refractivity contribution in [3.05, 3.63) is 65.2 Å². The van der Waals surface area contributed by atoms with Gasteiger partial charge in [0.25, 0.3) is 5.91 Å². The molecule has 6 heteroatoms. The first-order chi connectivity index (χ1) is 13.0. The molecule has 0 aliphatic rings. The van der Waals surface area contributed by atoms with Crippen molar-refractivity contribution < 1.29 is 14.3 Å². The second-order valence-electron chi connectivity index (χ2n) is 6.07. The number of hydrogen-bond donors (Lipinski definition) is 1. The number of nitrogens with one attached hydrogen (secondary N) is 1. The van der Waals surface area contributed by atoms with Crippen molar-refractivity contribution in [1.29, 1.82) is 0 Å². The van der Waals surface area contributed by atoms with E-state index >= 15 is 0 Å². The Morgan fingerprint density at radius 1 is 1.07 bits per heavy atom. The van der Waals surface area contributed by atoms with E-state index in [4.69, 9.17) is 16.3 Å². The van der Waals surface area contributed by atoms with E-state index in [9.17, 15) is 9.59 Å². The van der Waals surface area contributed by atoms with Gasteiger partial charge in [-0.2, -0.15) is 0 Å². The standard InChI is InChI=1S/C21H25ClN2O3/c1-3-19(21(26)23-4-2)24(14-16-10-12-17(22)13-11-16)20(25)15-27-18-8-6-5-7-9-18/h5-13,19H,3-4,14-15H2,1-2H3,(H,23,26)/t19-/m0/s1. The van der Waals surface area contributed by atoms with Gasteiger partial charge in [0.05, 0.1) is 0 Å². The molecule has 0 fully saturated rings. The van der Waals surface area contributed by atoms with Crippen LogP contribution in [-0.4, -0.2) is 35.9 Å². The molecule has 1 N–H and O–H groups in total. The van der Waals surface area contributed by atoms with Crippen LogP contribution < -0.4 is 10.1 Å². The van der Waals surface area contributed by atoms with Crippen molar-refractivity contribution in [3.8, 4) is 5.75 Å². The number of rotatable bonds is 9. The fourth-order valence-corrected chi connectivity index (χ4v) is 2.87. The van der Waals surface area contributed by atoms with E-state index in [1.807, 2.05) is 44.2 Å². The highest BCUT2D eigenvalue weighted by Crippen LogP contribution is 2.16. The van der Waals surface area contributed by atoms with Crippen LogP contribution in [0.15, 0.2) is 54.6 Å². The molecule has 0 spiro atoms. The average molecular weight is 389 g/mol. The first-order valence-corrected chi connectivity index (χ1v) is 9.42. The second-order valence-corrected chi connectivity index (χ2v) is 6.50. The van der Waals surface area contributed by atoms with Crippen LogP contribution in [0.4, 0.5) is 0 Å². The minimum atomic E-state index is -0.562. The molecule has 0 heterocycles. The molecule has 0 unspecified atom stereocenters. The summed E-state index contributed by atoms with van der Waals surface area (Å²) >= 11 is 5.95. The first kappa shape index (κ1) is 20.8. The molecule has 2 aromatic carbocycles. The molecule has 27 heavy (non-hydrogen) atoms. The van der Waals surface area contributed by atoms with Crippen molar-refractivity contribution in [2.75, 3.05) is 13.2 Å². The Labute approximate surface area is 165 Å². The van der Waals surface area contributed by atoms with Crippen LogP contribution in [0.2, 0.25) is 5.02 Å². The molecule has 0 aromatic heterocycles. The van der Waals surface area contributed by atoms with Crippen molar-refractivity contribution in [2.45, 2.75) is 32.9 Å². The monoisotopic (exact) mass is 388 g/mol. The number of likely N-dealkylation sites (N-methyl/N-ethyl adjacent to an activating group) is 1. The van der Waals surface area contributed by atoms with Crippen molar-refractivity contribution in [2.24, 2.45) is 0 Å². The molecule has 1 atom stereocenters. The van der Waals surface area contributed by atoms with Crippen LogP contribution in [0, 0.1) is 0 Å². The van der Waals surface area contributed by atoms with Gasteiger partial charge in [0.2, 0.25) is 5.91 Å². The molecular weight excluding hydrogens is 364 g/mol. The number of nitrogens with zero attached hydrogens (tertiary/aromatic N) is 1. The third kappa shape index (κ3) is 6.29. The summed E-state index contributed by atoms with van der Waals surface area (Å²) in [5.41, 5.74) is 0.898. The zero-order valence-electron chi connectivity index (χ0n) is 15.7. The minimum Gasteiger partial charge on any atom is -0.484 e. The molecule has 5 nitrogen and oxygen atoms in total. The van der Waals surface area contributed by atoms with Gasteiger partial charge in [0, 0.05) is 18.1 Å². The maximum Gasteiger partial charge on any atom is 0.261 e. The van der Waals surface area contributed by atoms with Gasteiger partial charge in [-0.25, -0.2) is 0 Å². The lowest BCUT2D eigenvalue weighted by Crippen LogP contribution is -2.50. The quantitative estimate of drug-likeness (QED) is 0.713. The van der Waals surface area contributed by atoms with Crippen molar-refractivity contribution in [1.82, 2.24) is 10.2 Å². The highest BCUT2D eigenvalue weighted by atomic mass is 35.5. The molecule has 2 aromatic rings. The predicted molar refractivity (Wildman–Crippen MR) is 107 cm³/mol. The van der Waals surface area contributed by atoms with Crippen LogP contribution in [0.5, 0.6) is 5.75 Å². The molecule has 0 saturated carbocycles. The van der Waals surface area contributed by atoms with Crippen LogP contribution in [0.1, 0.15) is 25.8 Å². The average Bonchev–Trinajstić information content (AvgIpc) is 2.68. The summed E-state index contributed by atoms with van der Waals surface area (Å²) in [4.78, 5) is 26.9. The third-order valence-corrected chi connectivity index (χ3v) is 4.36. The van der Waals surface area contributed by atoms with Crippen LogP contribution in [0.25, 0.3) is 0 Å². The van der Waals surface area contributed by atoms with E-state index in [2.05, 4.69) is 5.32 Å². The van der Waals surface area contributed by atoms with Gasteiger partial charge >= 0.3 is 0 Å². The Bertz CT molecular complexity index is 735. The number of amides is 2. The molecule has 0 saturated heterocycles. The Morgan fingerprint density at radius 3 is 2.33 bits per heavy atom. The largest absolute Gasteiger partial charge is 0.484 e. The van der Waals surface area contributed by atoms with E-state index in [1.165, 1.54) is 0 Å². The summed E-state index contributed by atoms with van der Waals surface area (Å²) in [6.45, 7) is 4.44. The molecule has 0 aliphatic heterocycles. The lowest BCUT2D eigenvalue weighted by molar-refractivity contribution is -0.142. The minimum absolute atomic E-state index is 0.131. The number of carbonyl (C=O) groups is 2. The Balaban J connectivity index is 2.17. The highest BCUT2D eigenvalue weighted by Gasteiger charge is 2.28. The molecular formula is C21H25ClN2O3. The number of hydrogen-bond acceptors (Lipinski definition) is 3. The van der Waals surface area contributed by atoms with Gasteiger partial charge in [0.1, 0.15) is 11.8 Å². The topological polar surface area (TPSA) is 58.6 Å². The zero-order valence-corrected chi connectivity index (χ0v) is 16.4. The van der Waals surface area contributed by atoms with E-state index in [1.54, 1.807) is 29.2 Å². The van der Waals surface area contributed by atoms with Gasteiger partial charge < -0.3 is 15.0 Å². The maximum atomic E-state index is 12.9. The predicted octanol–water partition coefficient (Wildman–Crippen LogP) is 3.66. The lowest BCUT2D eigenvalue weighted by atomic mass is 10.1. The number of halogens is 1. The van der Waals surface area contributed by atoms with Gasteiger partial charge in [0.15, 0.2) is 6.61 Å². The highest BCUT2D eigenvalue weighted by molar-refractivity contribution is 6.30. The van der Waals surface area contributed by atoms with Crippen molar-refractivity contribution in [3.63, 3.8) is 0 Å². The van der Waals surface area contributed by atoms with E-state index in [0.717, 1.165) is 5.56 Å². The summed E-state index contributed by atoms with van der Waals surface area (Å²) < 4.78 is 5.60. The van der Waals surface area contributed by atoms with Crippen LogP contribution in [0.3, 0.4) is 0 Å². The fraction of sp³-hybridized carbons (Fsp3) is 0.333. The van der Waals surface area contributed by atoms with Crippen LogP contribution >= 0.6 is 11.6 Å². The lowest BCUT2D eigenvalue weighted by Gasteiger charge is -2.30. The maximum absolute atomic E-state index is 12.9. The molecule has 2 rings (SSSR count). The van der Waals surface area contributed by atoms with E-state index in [-0.39, 0.29) is 18.4 Å². The summed E-state index contributed by atoms with van der Waals surface area (Å²) in [6, 6.07) is 15.8. The Morgan fingerprint density at radius 2 is 1.74 bits per heavy atom. The SMILES string of the molecule is CCNC(=O)[C@H](CC)N(Cc1ccc(Cl)cc1)C(=O)COc1ccccc1. The molecule has 0 aliphatic carbocycles. The smallest absolute Gasteiger partial charge is 0.261 e.